The lowest BCUT2D eigenvalue weighted by Gasteiger charge is -2.25. The predicted molar refractivity (Wildman–Crippen MR) is 137 cm³/mol. The van der Waals surface area contributed by atoms with E-state index in [1.54, 1.807) is 18.0 Å². The first-order valence-electron chi connectivity index (χ1n) is 11.4. The molecule has 0 radical (unpaired) electrons. The van der Waals surface area contributed by atoms with Gasteiger partial charge in [0.25, 0.3) is 0 Å². The monoisotopic (exact) mass is 488 g/mol. The van der Waals surface area contributed by atoms with Gasteiger partial charge in [0.15, 0.2) is 5.78 Å². The van der Waals surface area contributed by atoms with E-state index in [1.807, 2.05) is 60.8 Å². The SMILES string of the molecule is O=C1CCCc2c1ccc(O[C@@H](Cc1ncc[nH]1)c1ccccc1)c2CSc1ccc(Cl)cc1. The lowest BCUT2D eigenvalue weighted by Crippen LogP contribution is -2.16. The predicted octanol–water partition coefficient (Wildman–Crippen LogP) is 7.24. The van der Waals surface area contributed by atoms with Crippen molar-refractivity contribution in [2.24, 2.45) is 0 Å². The average molecular weight is 489 g/mol. The number of imidazole rings is 1. The zero-order valence-corrected chi connectivity index (χ0v) is 20.2. The second kappa shape index (κ2) is 10.5. The number of aromatic nitrogens is 2. The number of rotatable bonds is 8. The number of ether oxygens (including phenoxy) is 1. The summed E-state index contributed by atoms with van der Waals surface area (Å²) in [5.74, 6) is 2.64. The minimum atomic E-state index is -0.205. The molecule has 0 saturated heterocycles. The standard InChI is InChI=1S/C28H25ClN2O2S/c29-20-9-11-21(12-10-20)34-18-24-22-7-4-8-25(32)23(22)13-14-26(24)33-27(17-28-30-15-16-31-28)19-5-2-1-3-6-19/h1-3,5-6,9-16,27H,4,7-8,17-18H2,(H,30,31)/t27-/m0/s1. The van der Waals surface area contributed by atoms with E-state index in [1.165, 1.54) is 0 Å². The summed E-state index contributed by atoms with van der Waals surface area (Å²) >= 11 is 7.79. The molecule has 6 heteroatoms. The van der Waals surface area contributed by atoms with Gasteiger partial charge in [-0.05, 0) is 60.4 Å². The van der Waals surface area contributed by atoms with Gasteiger partial charge >= 0.3 is 0 Å². The molecule has 0 unspecified atom stereocenters. The highest BCUT2D eigenvalue weighted by atomic mass is 35.5. The molecule has 1 atom stereocenters. The lowest BCUT2D eigenvalue weighted by atomic mass is 9.87. The molecule has 4 aromatic rings. The fourth-order valence-electron chi connectivity index (χ4n) is 4.37. The van der Waals surface area contributed by atoms with Gasteiger partial charge in [0.1, 0.15) is 17.7 Å². The van der Waals surface area contributed by atoms with Crippen LogP contribution in [0, 0.1) is 0 Å². The van der Waals surface area contributed by atoms with Crippen molar-refractivity contribution in [1.29, 1.82) is 0 Å². The number of carbonyl (C=O) groups is 1. The third-order valence-corrected chi connectivity index (χ3v) is 7.38. The van der Waals surface area contributed by atoms with Gasteiger partial charge in [-0.15, -0.1) is 11.8 Å². The smallest absolute Gasteiger partial charge is 0.163 e. The van der Waals surface area contributed by atoms with Crippen LogP contribution in [0.1, 0.15) is 51.8 Å². The van der Waals surface area contributed by atoms with E-state index in [2.05, 4.69) is 22.1 Å². The lowest BCUT2D eigenvalue weighted by molar-refractivity contribution is 0.0972. The summed E-state index contributed by atoms with van der Waals surface area (Å²) in [6.07, 6.45) is 6.39. The number of halogens is 1. The number of benzene rings is 3. The van der Waals surface area contributed by atoms with Crippen molar-refractivity contribution in [3.63, 3.8) is 0 Å². The van der Waals surface area contributed by atoms with E-state index in [4.69, 9.17) is 16.3 Å². The van der Waals surface area contributed by atoms with Crippen LogP contribution in [0.3, 0.4) is 0 Å². The maximum atomic E-state index is 12.6. The van der Waals surface area contributed by atoms with E-state index in [-0.39, 0.29) is 11.9 Å². The Balaban J connectivity index is 1.49. The summed E-state index contributed by atoms with van der Waals surface area (Å²) in [5, 5.41) is 0.722. The summed E-state index contributed by atoms with van der Waals surface area (Å²) in [7, 11) is 0. The molecular weight excluding hydrogens is 464 g/mol. The van der Waals surface area contributed by atoms with E-state index in [9.17, 15) is 4.79 Å². The third kappa shape index (κ3) is 5.21. The molecule has 0 spiro atoms. The average Bonchev–Trinajstić information content (AvgIpc) is 3.38. The second-order valence-electron chi connectivity index (χ2n) is 8.34. The minimum Gasteiger partial charge on any atom is -0.485 e. The molecule has 0 fully saturated rings. The maximum absolute atomic E-state index is 12.6. The normalized spacial score (nSPS) is 14.0. The number of aromatic amines is 1. The minimum absolute atomic E-state index is 0.205. The van der Waals surface area contributed by atoms with Crippen LogP contribution in [0.25, 0.3) is 0 Å². The fourth-order valence-corrected chi connectivity index (χ4v) is 5.45. The number of hydrogen-bond donors (Lipinski definition) is 1. The van der Waals surface area contributed by atoms with Gasteiger partial charge in [0.2, 0.25) is 0 Å². The van der Waals surface area contributed by atoms with Crippen LogP contribution in [0.2, 0.25) is 5.02 Å². The molecule has 5 rings (SSSR count). The maximum Gasteiger partial charge on any atom is 0.163 e. The first kappa shape index (κ1) is 22.8. The zero-order chi connectivity index (χ0) is 23.3. The molecule has 1 aliphatic carbocycles. The number of carbonyl (C=O) groups excluding carboxylic acids is 1. The van der Waals surface area contributed by atoms with Crippen LogP contribution >= 0.6 is 23.4 Å². The number of nitrogens with one attached hydrogen (secondary N) is 1. The second-order valence-corrected chi connectivity index (χ2v) is 9.83. The van der Waals surface area contributed by atoms with Gasteiger partial charge < -0.3 is 9.72 Å². The van der Waals surface area contributed by atoms with Crippen molar-refractivity contribution < 1.29 is 9.53 Å². The first-order chi connectivity index (χ1) is 16.7. The Bertz CT molecular complexity index is 1260. The molecule has 1 heterocycles. The van der Waals surface area contributed by atoms with Crippen LogP contribution in [0.15, 0.2) is 84.0 Å². The summed E-state index contributed by atoms with van der Waals surface area (Å²) in [6, 6.07) is 22.0. The van der Waals surface area contributed by atoms with Crippen molar-refractivity contribution in [3.8, 4) is 5.75 Å². The third-order valence-electron chi connectivity index (χ3n) is 6.09. The molecule has 1 aliphatic rings. The van der Waals surface area contributed by atoms with Crippen LogP contribution in [0.4, 0.5) is 0 Å². The number of thioether (sulfide) groups is 1. The van der Waals surface area contributed by atoms with E-state index >= 15 is 0 Å². The van der Waals surface area contributed by atoms with Crippen LogP contribution in [0.5, 0.6) is 5.75 Å². The summed E-state index contributed by atoms with van der Waals surface area (Å²) in [6.45, 7) is 0. The van der Waals surface area contributed by atoms with Crippen molar-refractivity contribution in [1.82, 2.24) is 9.97 Å². The molecule has 0 bridgehead atoms. The molecule has 1 aromatic heterocycles. The number of H-pyrrole nitrogens is 1. The largest absolute Gasteiger partial charge is 0.485 e. The molecule has 1 N–H and O–H groups in total. The summed E-state index contributed by atoms with van der Waals surface area (Å²) in [4.78, 5) is 21.4. The van der Waals surface area contributed by atoms with E-state index in [0.717, 1.165) is 62.3 Å². The molecule has 0 amide bonds. The van der Waals surface area contributed by atoms with Crippen molar-refractivity contribution in [2.75, 3.05) is 0 Å². The highest BCUT2D eigenvalue weighted by molar-refractivity contribution is 7.98. The molecule has 3 aromatic carbocycles. The highest BCUT2D eigenvalue weighted by Crippen LogP contribution is 2.38. The van der Waals surface area contributed by atoms with E-state index < -0.39 is 0 Å². The number of nitrogens with zero attached hydrogens (tertiary/aromatic N) is 1. The Morgan fingerprint density at radius 3 is 2.62 bits per heavy atom. The van der Waals surface area contributed by atoms with Crippen LogP contribution < -0.4 is 4.74 Å². The highest BCUT2D eigenvalue weighted by Gasteiger charge is 2.25. The Kier molecular flexibility index (Phi) is 7.02. The van der Waals surface area contributed by atoms with Gasteiger partial charge in [-0.25, -0.2) is 4.98 Å². The van der Waals surface area contributed by atoms with Gasteiger partial charge in [-0.1, -0.05) is 41.9 Å². The van der Waals surface area contributed by atoms with E-state index in [0.29, 0.717) is 12.8 Å². The first-order valence-corrected chi connectivity index (χ1v) is 12.8. The number of fused-ring (bicyclic) bond motifs is 1. The fraction of sp³-hybridized carbons (Fsp3) is 0.214. The Morgan fingerprint density at radius 2 is 1.85 bits per heavy atom. The molecule has 172 valence electrons. The van der Waals surface area contributed by atoms with Gasteiger partial charge in [0, 0.05) is 52.0 Å². The molecule has 0 saturated carbocycles. The zero-order valence-electron chi connectivity index (χ0n) is 18.7. The Morgan fingerprint density at radius 1 is 1.03 bits per heavy atom. The molecule has 4 nitrogen and oxygen atoms in total. The molecular formula is C28H25ClN2O2S. The van der Waals surface area contributed by atoms with Gasteiger partial charge in [0.05, 0.1) is 0 Å². The topological polar surface area (TPSA) is 55.0 Å². The van der Waals surface area contributed by atoms with Gasteiger partial charge in [-0.3, -0.25) is 4.79 Å². The summed E-state index contributed by atoms with van der Waals surface area (Å²) < 4.78 is 6.71. The van der Waals surface area contributed by atoms with Gasteiger partial charge in [-0.2, -0.15) is 0 Å². The Hall–Kier alpha value is -3.02. The van der Waals surface area contributed by atoms with Crippen molar-refractivity contribution >= 4 is 29.1 Å². The van der Waals surface area contributed by atoms with Crippen LogP contribution in [-0.4, -0.2) is 15.8 Å². The number of ketones is 1. The quantitative estimate of drug-likeness (QED) is 0.266. The molecule has 0 aliphatic heterocycles. The number of hydrogen-bond acceptors (Lipinski definition) is 4. The Labute approximate surface area is 208 Å². The van der Waals surface area contributed by atoms with Crippen molar-refractivity contribution in [2.45, 2.75) is 42.4 Å². The summed E-state index contributed by atoms with van der Waals surface area (Å²) in [5.41, 5.74) is 4.16. The van der Waals surface area contributed by atoms with Crippen molar-refractivity contribution in [3.05, 3.63) is 112 Å². The number of Topliss-reactive ketones (excluding diaryl/α,β-unsaturated/α-hetero) is 1. The molecule has 34 heavy (non-hydrogen) atoms. The van der Waals surface area contributed by atoms with Crippen LogP contribution in [-0.2, 0) is 18.6 Å².